The molecule has 0 aliphatic carbocycles. The molecule has 1 amide bonds. The second-order valence-electron chi connectivity index (χ2n) is 6.78. The highest BCUT2D eigenvalue weighted by Gasteiger charge is 2.15. The van der Waals surface area contributed by atoms with Crippen molar-refractivity contribution in [3.8, 4) is 11.5 Å². The molecule has 2 aromatic carbocycles. The molecule has 0 aliphatic heterocycles. The predicted molar refractivity (Wildman–Crippen MR) is 102 cm³/mol. The lowest BCUT2D eigenvalue weighted by atomic mass is 10.1. The van der Waals surface area contributed by atoms with Crippen molar-refractivity contribution in [1.29, 1.82) is 0 Å². The Morgan fingerprint density at radius 3 is 2.54 bits per heavy atom. The average Bonchev–Trinajstić information content (AvgIpc) is 2.57. The second kappa shape index (κ2) is 8.94. The molecule has 0 unspecified atom stereocenters. The Balaban J connectivity index is 1.84. The maximum Gasteiger partial charge on any atom is 0.407 e. The molecule has 2 N–H and O–H groups in total. The third-order valence-electron chi connectivity index (χ3n) is 3.31. The molecular formula is C21H25NO4. The first kappa shape index (κ1) is 19.4. The van der Waals surface area contributed by atoms with Crippen molar-refractivity contribution in [3.63, 3.8) is 0 Å². The molecule has 0 heterocycles. The number of phenolic OH excluding ortho intramolecular Hbond substituents is 1. The van der Waals surface area contributed by atoms with E-state index in [4.69, 9.17) is 9.47 Å². The van der Waals surface area contributed by atoms with Crippen LogP contribution in [-0.2, 0) is 11.3 Å². The summed E-state index contributed by atoms with van der Waals surface area (Å²) in [6.07, 6.45) is 2.99. The largest absolute Gasteiger partial charge is 0.507 e. The quantitative estimate of drug-likeness (QED) is 0.800. The van der Waals surface area contributed by atoms with Gasteiger partial charge in [0, 0.05) is 18.2 Å². The summed E-state index contributed by atoms with van der Waals surface area (Å²) in [5, 5.41) is 12.7. The van der Waals surface area contributed by atoms with Crippen molar-refractivity contribution < 1.29 is 19.4 Å². The van der Waals surface area contributed by atoms with Gasteiger partial charge in [-0.25, -0.2) is 4.79 Å². The van der Waals surface area contributed by atoms with Crippen molar-refractivity contribution in [1.82, 2.24) is 5.32 Å². The summed E-state index contributed by atoms with van der Waals surface area (Å²) >= 11 is 0. The summed E-state index contributed by atoms with van der Waals surface area (Å²) in [5.74, 6) is 0.708. The van der Waals surface area contributed by atoms with E-state index in [0.29, 0.717) is 24.5 Å². The van der Waals surface area contributed by atoms with Crippen molar-refractivity contribution in [2.75, 3.05) is 6.54 Å². The highest BCUT2D eigenvalue weighted by atomic mass is 16.6. The fraction of sp³-hybridized carbons (Fsp3) is 0.286. The van der Waals surface area contributed by atoms with Crippen molar-refractivity contribution in [3.05, 3.63) is 65.7 Å². The van der Waals surface area contributed by atoms with Crippen LogP contribution >= 0.6 is 0 Å². The van der Waals surface area contributed by atoms with Gasteiger partial charge >= 0.3 is 6.09 Å². The third-order valence-corrected chi connectivity index (χ3v) is 3.31. The number of carbonyl (C=O) groups is 1. The topological polar surface area (TPSA) is 67.8 Å². The lowest BCUT2D eigenvalue weighted by molar-refractivity contribution is 0.0534. The van der Waals surface area contributed by atoms with Crippen LogP contribution in [0.1, 0.15) is 31.9 Å². The van der Waals surface area contributed by atoms with E-state index in [1.165, 1.54) is 0 Å². The van der Waals surface area contributed by atoms with Crippen LogP contribution in [0.5, 0.6) is 11.5 Å². The Morgan fingerprint density at radius 2 is 1.88 bits per heavy atom. The van der Waals surface area contributed by atoms with E-state index in [2.05, 4.69) is 5.32 Å². The van der Waals surface area contributed by atoms with E-state index in [-0.39, 0.29) is 5.75 Å². The minimum Gasteiger partial charge on any atom is -0.507 e. The number of benzene rings is 2. The number of amides is 1. The molecule has 0 bridgehead atoms. The second-order valence-corrected chi connectivity index (χ2v) is 6.78. The SMILES string of the molecule is CC(C)(C)OC(=O)NCC=Cc1ccc(OCc2ccccc2)cc1O. The maximum atomic E-state index is 11.5. The molecule has 0 atom stereocenters. The molecule has 5 nitrogen and oxygen atoms in total. The van der Waals surface area contributed by atoms with Crippen LogP contribution in [0.25, 0.3) is 6.08 Å². The van der Waals surface area contributed by atoms with Gasteiger partial charge in [0.05, 0.1) is 0 Å². The number of ether oxygens (including phenoxy) is 2. The Bertz CT molecular complexity index is 748. The maximum absolute atomic E-state index is 11.5. The van der Waals surface area contributed by atoms with Crippen LogP contribution in [0.4, 0.5) is 4.79 Å². The van der Waals surface area contributed by atoms with Gasteiger partial charge < -0.3 is 19.9 Å². The van der Waals surface area contributed by atoms with Gasteiger partial charge in [0.15, 0.2) is 0 Å². The number of alkyl carbamates (subject to hydrolysis) is 1. The minimum atomic E-state index is -0.526. The lowest BCUT2D eigenvalue weighted by Crippen LogP contribution is -2.32. The molecule has 0 aromatic heterocycles. The summed E-state index contributed by atoms with van der Waals surface area (Å²) < 4.78 is 10.8. The Hall–Kier alpha value is -2.95. The van der Waals surface area contributed by atoms with Gasteiger partial charge in [-0.3, -0.25) is 0 Å². The number of phenols is 1. The van der Waals surface area contributed by atoms with E-state index in [1.807, 2.05) is 51.1 Å². The number of hydrogen-bond donors (Lipinski definition) is 2. The molecule has 2 rings (SSSR count). The summed E-state index contributed by atoms with van der Waals surface area (Å²) in [6, 6.07) is 15.0. The molecular weight excluding hydrogens is 330 g/mol. The van der Waals surface area contributed by atoms with Gasteiger partial charge in [-0.05, 0) is 38.5 Å². The lowest BCUT2D eigenvalue weighted by Gasteiger charge is -2.19. The molecule has 0 spiro atoms. The van der Waals surface area contributed by atoms with Gasteiger partial charge in [-0.15, -0.1) is 0 Å². The fourth-order valence-corrected chi connectivity index (χ4v) is 2.14. The summed E-state index contributed by atoms with van der Waals surface area (Å²) in [5.41, 5.74) is 1.17. The highest BCUT2D eigenvalue weighted by molar-refractivity contribution is 5.68. The Morgan fingerprint density at radius 1 is 1.15 bits per heavy atom. The van der Waals surface area contributed by atoms with Gasteiger partial charge in [0.25, 0.3) is 0 Å². The first-order valence-electron chi connectivity index (χ1n) is 8.46. The summed E-state index contributed by atoms with van der Waals surface area (Å²) in [4.78, 5) is 11.5. The molecule has 0 aliphatic rings. The Labute approximate surface area is 154 Å². The molecule has 0 saturated carbocycles. The normalized spacial score (nSPS) is 11.3. The summed E-state index contributed by atoms with van der Waals surface area (Å²) in [6.45, 7) is 6.17. The van der Waals surface area contributed by atoms with Gasteiger partial charge in [-0.2, -0.15) is 0 Å². The van der Waals surface area contributed by atoms with E-state index in [9.17, 15) is 9.90 Å². The Kier molecular flexibility index (Phi) is 6.67. The van der Waals surface area contributed by atoms with Gasteiger partial charge in [0.1, 0.15) is 23.7 Å². The monoisotopic (exact) mass is 355 g/mol. The van der Waals surface area contributed by atoms with Gasteiger partial charge in [-0.1, -0.05) is 42.5 Å². The van der Waals surface area contributed by atoms with E-state index < -0.39 is 11.7 Å². The molecule has 26 heavy (non-hydrogen) atoms. The smallest absolute Gasteiger partial charge is 0.407 e. The first-order chi connectivity index (χ1) is 12.3. The minimum absolute atomic E-state index is 0.115. The molecule has 2 aromatic rings. The number of rotatable bonds is 6. The molecule has 138 valence electrons. The van der Waals surface area contributed by atoms with Crippen LogP contribution in [-0.4, -0.2) is 23.3 Å². The van der Waals surface area contributed by atoms with Crippen molar-refractivity contribution in [2.45, 2.75) is 33.0 Å². The van der Waals surface area contributed by atoms with Crippen LogP contribution in [0.3, 0.4) is 0 Å². The van der Waals surface area contributed by atoms with Crippen molar-refractivity contribution >= 4 is 12.2 Å². The zero-order valence-electron chi connectivity index (χ0n) is 15.4. The average molecular weight is 355 g/mol. The van der Waals surface area contributed by atoms with Gasteiger partial charge in [0.2, 0.25) is 0 Å². The van der Waals surface area contributed by atoms with E-state index in [1.54, 1.807) is 30.4 Å². The zero-order valence-corrected chi connectivity index (χ0v) is 15.4. The molecule has 0 radical (unpaired) electrons. The van der Waals surface area contributed by atoms with Crippen LogP contribution < -0.4 is 10.1 Å². The predicted octanol–water partition coefficient (Wildman–Crippen LogP) is 4.51. The fourth-order valence-electron chi connectivity index (χ4n) is 2.14. The third kappa shape index (κ3) is 6.89. The molecule has 0 saturated heterocycles. The highest BCUT2D eigenvalue weighted by Crippen LogP contribution is 2.25. The first-order valence-corrected chi connectivity index (χ1v) is 8.46. The van der Waals surface area contributed by atoms with Crippen LogP contribution in [0.15, 0.2) is 54.6 Å². The van der Waals surface area contributed by atoms with E-state index >= 15 is 0 Å². The number of carbonyl (C=O) groups excluding carboxylic acids is 1. The van der Waals surface area contributed by atoms with E-state index in [0.717, 1.165) is 5.56 Å². The zero-order chi connectivity index (χ0) is 19.0. The number of nitrogens with one attached hydrogen (secondary N) is 1. The number of hydrogen-bond acceptors (Lipinski definition) is 4. The molecule has 0 fully saturated rings. The van der Waals surface area contributed by atoms with Crippen LogP contribution in [0.2, 0.25) is 0 Å². The molecule has 5 heteroatoms. The standard InChI is InChI=1S/C21H25NO4/c1-21(2,3)26-20(24)22-13-7-10-17-11-12-18(14-19(17)23)25-15-16-8-5-4-6-9-16/h4-12,14,23H,13,15H2,1-3H3,(H,22,24). The number of aromatic hydroxyl groups is 1. The van der Waals surface area contributed by atoms with Crippen LogP contribution in [0, 0.1) is 0 Å². The van der Waals surface area contributed by atoms with Crippen molar-refractivity contribution in [2.24, 2.45) is 0 Å². The summed E-state index contributed by atoms with van der Waals surface area (Å²) in [7, 11) is 0.